The number of urea groups is 1. The van der Waals surface area contributed by atoms with E-state index in [1.54, 1.807) is 0 Å². The van der Waals surface area contributed by atoms with Gasteiger partial charge < -0.3 is 15.1 Å². The van der Waals surface area contributed by atoms with Crippen molar-refractivity contribution in [3.05, 3.63) is 28.8 Å². The molecule has 2 fully saturated rings. The van der Waals surface area contributed by atoms with Crippen LogP contribution in [0.3, 0.4) is 0 Å². The molecule has 2 aliphatic heterocycles. The fraction of sp³-hybridized carbons (Fsp3) is 0.588. The summed E-state index contributed by atoms with van der Waals surface area (Å²) >= 11 is 6.14. The van der Waals surface area contributed by atoms with Crippen LogP contribution in [0.25, 0.3) is 0 Å². The molecule has 0 saturated carbocycles. The molecule has 3 rings (SSSR count). The first-order valence-corrected chi connectivity index (χ1v) is 8.44. The highest BCUT2D eigenvalue weighted by Gasteiger charge is 2.37. The maximum absolute atomic E-state index is 12.7. The zero-order valence-electron chi connectivity index (χ0n) is 13.3. The highest BCUT2D eigenvalue weighted by molar-refractivity contribution is 6.31. The third-order valence-corrected chi connectivity index (χ3v) is 5.36. The molecule has 1 aromatic rings. The van der Waals surface area contributed by atoms with Crippen LogP contribution in [0, 0.1) is 12.8 Å². The van der Waals surface area contributed by atoms with Crippen LogP contribution < -0.4 is 5.32 Å². The van der Waals surface area contributed by atoms with Crippen LogP contribution in [0.5, 0.6) is 0 Å². The van der Waals surface area contributed by atoms with Gasteiger partial charge in [-0.25, -0.2) is 4.79 Å². The fourth-order valence-corrected chi connectivity index (χ4v) is 3.88. The van der Waals surface area contributed by atoms with Crippen LogP contribution in [0.1, 0.15) is 24.8 Å². The number of nitrogens with one attached hydrogen (secondary N) is 1. The Labute approximate surface area is 137 Å². The van der Waals surface area contributed by atoms with Gasteiger partial charge in [-0.1, -0.05) is 17.7 Å². The Balaban J connectivity index is 1.69. The molecular weight excluding hydrogens is 298 g/mol. The number of fused-ring (bicyclic) bond motifs is 1. The van der Waals surface area contributed by atoms with E-state index < -0.39 is 0 Å². The van der Waals surface area contributed by atoms with Gasteiger partial charge in [-0.2, -0.15) is 0 Å². The molecule has 1 N–H and O–H groups in total. The lowest BCUT2D eigenvalue weighted by molar-refractivity contribution is 0.0579. The molecule has 120 valence electrons. The lowest BCUT2D eigenvalue weighted by atomic mass is 9.84. The zero-order valence-corrected chi connectivity index (χ0v) is 14.1. The van der Waals surface area contributed by atoms with Gasteiger partial charge >= 0.3 is 6.03 Å². The number of hydrogen-bond acceptors (Lipinski definition) is 2. The van der Waals surface area contributed by atoms with E-state index in [0.717, 1.165) is 43.7 Å². The Kier molecular flexibility index (Phi) is 4.59. The number of hydrogen-bond donors (Lipinski definition) is 1. The molecule has 2 aliphatic rings. The Bertz CT molecular complexity index is 563. The zero-order chi connectivity index (χ0) is 15.7. The first kappa shape index (κ1) is 15.6. The van der Waals surface area contributed by atoms with Gasteiger partial charge in [-0.05, 0) is 63.4 Å². The molecule has 0 aliphatic carbocycles. The number of benzene rings is 1. The largest absolute Gasteiger partial charge is 0.322 e. The van der Waals surface area contributed by atoms with Crippen molar-refractivity contribution in [2.75, 3.05) is 32.0 Å². The number of likely N-dealkylation sites (tertiary alicyclic amines) is 2. The molecule has 2 amide bonds. The quantitative estimate of drug-likeness (QED) is 0.858. The lowest BCUT2D eigenvalue weighted by Gasteiger charge is -2.46. The van der Waals surface area contributed by atoms with E-state index in [4.69, 9.17) is 11.6 Å². The molecule has 2 saturated heterocycles. The van der Waals surface area contributed by atoms with Crippen LogP contribution in [0.2, 0.25) is 5.02 Å². The van der Waals surface area contributed by atoms with Crippen LogP contribution in [-0.2, 0) is 0 Å². The summed E-state index contributed by atoms with van der Waals surface area (Å²) in [4.78, 5) is 17.1. The molecule has 2 atom stereocenters. The molecule has 0 aromatic heterocycles. The van der Waals surface area contributed by atoms with Crippen molar-refractivity contribution < 1.29 is 4.79 Å². The maximum atomic E-state index is 12.7. The number of rotatable bonds is 1. The Morgan fingerprint density at radius 3 is 2.91 bits per heavy atom. The molecule has 0 spiro atoms. The van der Waals surface area contributed by atoms with Crippen molar-refractivity contribution in [2.24, 2.45) is 5.92 Å². The number of piperidine rings is 2. The standard InChI is InChI=1S/C17H24ClN3O/c1-12-5-6-14(10-15(12)18)19-17(22)21-8-3-4-13-11-20(2)9-7-16(13)21/h5-6,10,13,16H,3-4,7-9,11H2,1-2H3,(H,19,22)/t13-,16-/m1/s1. The van der Waals surface area contributed by atoms with Gasteiger partial charge in [0.05, 0.1) is 0 Å². The van der Waals surface area contributed by atoms with Crippen molar-refractivity contribution in [1.29, 1.82) is 0 Å². The minimum Gasteiger partial charge on any atom is -0.321 e. The summed E-state index contributed by atoms with van der Waals surface area (Å²) in [5.41, 5.74) is 1.80. The van der Waals surface area contributed by atoms with Crippen LogP contribution in [-0.4, -0.2) is 48.6 Å². The monoisotopic (exact) mass is 321 g/mol. The predicted octanol–water partition coefficient (Wildman–Crippen LogP) is 3.60. The molecule has 1 aromatic carbocycles. The van der Waals surface area contributed by atoms with E-state index in [1.807, 2.05) is 30.0 Å². The Morgan fingerprint density at radius 2 is 2.14 bits per heavy atom. The van der Waals surface area contributed by atoms with Gasteiger partial charge in [0.15, 0.2) is 0 Å². The first-order chi connectivity index (χ1) is 10.5. The SMILES string of the molecule is Cc1ccc(NC(=O)N2CCC[C@@H]3CN(C)CC[C@H]32)cc1Cl. The number of carbonyl (C=O) groups is 1. The number of amides is 2. The molecule has 0 radical (unpaired) electrons. The van der Waals surface area contributed by atoms with E-state index in [0.29, 0.717) is 17.0 Å². The molecular formula is C17H24ClN3O. The summed E-state index contributed by atoms with van der Waals surface area (Å²) in [7, 11) is 2.17. The summed E-state index contributed by atoms with van der Waals surface area (Å²) in [5, 5.41) is 3.70. The normalized spacial score (nSPS) is 25.7. The van der Waals surface area contributed by atoms with E-state index in [1.165, 1.54) is 6.42 Å². The van der Waals surface area contributed by atoms with Crippen LogP contribution >= 0.6 is 11.6 Å². The van der Waals surface area contributed by atoms with E-state index >= 15 is 0 Å². The van der Waals surface area contributed by atoms with Gasteiger partial charge in [0, 0.05) is 29.8 Å². The first-order valence-electron chi connectivity index (χ1n) is 8.07. The van der Waals surface area contributed by atoms with Crippen LogP contribution in [0.15, 0.2) is 18.2 Å². The number of halogens is 1. The van der Waals surface area contributed by atoms with Gasteiger partial charge in [0.2, 0.25) is 0 Å². The van der Waals surface area contributed by atoms with E-state index in [-0.39, 0.29) is 6.03 Å². The third-order valence-electron chi connectivity index (χ3n) is 4.96. The molecule has 4 nitrogen and oxygen atoms in total. The minimum atomic E-state index is 0.0131. The summed E-state index contributed by atoms with van der Waals surface area (Å²) in [6, 6.07) is 6.07. The Morgan fingerprint density at radius 1 is 1.32 bits per heavy atom. The third kappa shape index (κ3) is 3.23. The van der Waals surface area contributed by atoms with E-state index in [9.17, 15) is 4.79 Å². The van der Waals surface area contributed by atoms with Gasteiger partial charge in [0.1, 0.15) is 0 Å². The van der Waals surface area contributed by atoms with Crippen LogP contribution in [0.4, 0.5) is 10.5 Å². The molecule has 0 unspecified atom stereocenters. The molecule has 22 heavy (non-hydrogen) atoms. The molecule has 0 bridgehead atoms. The van der Waals surface area contributed by atoms with Gasteiger partial charge in [0.25, 0.3) is 0 Å². The highest BCUT2D eigenvalue weighted by atomic mass is 35.5. The van der Waals surface area contributed by atoms with Gasteiger partial charge in [-0.3, -0.25) is 0 Å². The summed E-state index contributed by atoms with van der Waals surface area (Å²) in [5.74, 6) is 0.611. The average Bonchev–Trinajstić information content (AvgIpc) is 2.50. The Hall–Kier alpha value is -1.26. The van der Waals surface area contributed by atoms with Crippen molar-refractivity contribution in [3.63, 3.8) is 0 Å². The highest BCUT2D eigenvalue weighted by Crippen LogP contribution is 2.30. The average molecular weight is 322 g/mol. The second-order valence-corrected chi connectivity index (χ2v) is 7.02. The molecule has 5 heteroatoms. The maximum Gasteiger partial charge on any atom is 0.322 e. The second-order valence-electron chi connectivity index (χ2n) is 6.61. The van der Waals surface area contributed by atoms with Crippen molar-refractivity contribution >= 4 is 23.3 Å². The van der Waals surface area contributed by atoms with E-state index in [2.05, 4.69) is 17.3 Å². The minimum absolute atomic E-state index is 0.0131. The number of anilines is 1. The summed E-state index contributed by atoms with van der Waals surface area (Å²) < 4.78 is 0. The topological polar surface area (TPSA) is 35.6 Å². The summed E-state index contributed by atoms with van der Waals surface area (Å²) in [6.07, 6.45) is 3.40. The predicted molar refractivity (Wildman–Crippen MR) is 90.5 cm³/mol. The summed E-state index contributed by atoms with van der Waals surface area (Å²) in [6.45, 7) is 4.99. The van der Waals surface area contributed by atoms with Gasteiger partial charge in [-0.15, -0.1) is 0 Å². The second kappa shape index (κ2) is 6.47. The lowest BCUT2D eigenvalue weighted by Crippen LogP contribution is -2.56. The number of aryl methyl sites for hydroxylation is 1. The number of carbonyl (C=O) groups excluding carboxylic acids is 1. The number of nitrogens with zero attached hydrogens (tertiary/aromatic N) is 2. The van der Waals surface area contributed by atoms with Crippen molar-refractivity contribution in [3.8, 4) is 0 Å². The smallest absolute Gasteiger partial charge is 0.321 e. The van der Waals surface area contributed by atoms with Crippen molar-refractivity contribution in [2.45, 2.75) is 32.2 Å². The fourth-order valence-electron chi connectivity index (χ4n) is 3.70. The van der Waals surface area contributed by atoms with Crippen molar-refractivity contribution in [1.82, 2.24) is 9.80 Å². The molecule has 2 heterocycles.